The highest BCUT2D eigenvalue weighted by Crippen LogP contribution is 2.24. The summed E-state index contributed by atoms with van der Waals surface area (Å²) in [7, 11) is 0. The summed E-state index contributed by atoms with van der Waals surface area (Å²) in [6.07, 6.45) is 3.78. The van der Waals surface area contributed by atoms with Crippen LogP contribution in [0.1, 0.15) is 17.5 Å². The van der Waals surface area contributed by atoms with E-state index in [9.17, 15) is 0 Å². The molecule has 1 aromatic carbocycles. The second-order valence-electron chi connectivity index (χ2n) is 4.12. The molecular weight excluding hydrogens is 186 g/mol. The Kier molecular flexibility index (Phi) is 2.09. The van der Waals surface area contributed by atoms with E-state index in [0.717, 1.165) is 24.7 Å². The van der Waals surface area contributed by atoms with Crippen LogP contribution in [-0.4, -0.2) is 19.0 Å². The zero-order valence-electron chi connectivity index (χ0n) is 8.71. The molecule has 0 saturated heterocycles. The summed E-state index contributed by atoms with van der Waals surface area (Å²) >= 11 is 0. The molecule has 0 fully saturated rings. The first-order chi connectivity index (χ1) is 7.42. The number of nitrogens with one attached hydrogen (secondary N) is 2. The predicted molar refractivity (Wildman–Crippen MR) is 62.4 cm³/mol. The molecule has 2 aliphatic rings. The van der Waals surface area contributed by atoms with Crippen LogP contribution in [0, 0.1) is 0 Å². The number of benzene rings is 1. The summed E-state index contributed by atoms with van der Waals surface area (Å²) in [5.74, 6) is 0.910. The van der Waals surface area contributed by atoms with E-state index >= 15 is 0 Å². The molecule has 1 aliphatic heterocycles. The Hall–Kier alpha value is -1.51. The molecule has 1 aliphatic carbocycles. The van der Waals surface area contributed by atoms with Crippen LogP contribution in [0.25, 0.3) is 0 Å². The molecular formula is C12H15N3. The average molecular weight is 201 g/mol. The molecule has 15 heavy (non-hydrogen) atoms. The van der Waals surface area contributed by atoms with Gasteiger partial charge in [-0.05, 0) is 42.5 Å². The zero-order valence-corrected chi connectivity index (χ0v) is 8.71. The predicted octanol–water partition coefficient (Wildman–Crippen LogP) is 1.55. The van der Waals surface area contributed by atoms with Gasteiger partial charge in [-0.15, -0.1) is 0 Å². The summed E-state index contributed by atoms with van der Waals surface area (Å²) in [6.45, 7) is 1.83. The molecule has 78 valence electrons. The van der Waals surface area contributed by atoms with Gasteiger partial charge in [0.05, 0.1) is 6.54 Å². The van der Waals surface area contributed by atoms with Gasteiger partial charge < -0.3 is 10.6 Å². The maximum absolute atomic E-state index is 4.32. The molecule has 0 amide bonds. The van der Waals surface area contributed by atoms with E-state index in [-0.39, 0.29) is 0 Å². The van der Waals surface area contributed by atoms with Crippen molar-refractivity contribution in [1.82, 2.24) is 5.32 Å². The lowest BCUT2D eigenvalue weighted by Crippen LogP contribution is -2.26. The highest BCUT2D eigenvalue weighted by molar-refractivity contribution is 5.94. The van der Waals surface area contributed by atoms with E-state index in [1.165, 1.54) is 30.4 Å². The molecule has 1 heterocycles. The lowest BCUT2D eigenvalue weighted by Gasteiger charge is -2.08. The second kappa shape index (κ2) is 3.57. The quantitative estimate of drug-likeness (QED) is 0.723. The standard InChI is InChI=1S/C12H15N3/c1-2-9-4-5-11(8-10(9)3-1)15-12-13-6-7-14-12/h4-5,8H,1-3,6-7H2,(H2,13,14,15). The Balaban J connectivity index is 1.80. The maximum Gasteiger partial charge on any atom is 0.195 e. The van der Waals surface area contributed by atoms with Crippen LogP contribution >= 0.6 is 0 Å². The Bertz CT molecular complexity index is 409. The number of aliphatic imine (C=N–C) groups is 1. The Morgan fingerprint density at radius 2 is 2.13 bits per heavy atom. The lowest BCUT2D eigenvalue weighted by molar-refractivity contribution is 0.912. The van der Waals surface area contributed by atoms with Crippen LogP contribution in [0.4, 0.5) is 5.69 Å². The van der Waals surface area contributed by atoms with E-state index in [1.807, 2.05) is 0 Å². The first kappa shape index (κ1) is 8.77. The van der Waals surface area contributed by atoms with E-state index in [1.54, 1.807) is 0 Å². The van der Waals surface area contributed by atoms with Gasteiger partial charge in [0.1, 0.15) is 0 Å². The van der Waals surface area contributed by atoms with E-state index in [2.05, 4.69) is 33.8 Å². The van der Waals surface area contributed by atoms with Crippen molar-refractivity contribution >= 4 is 11.6 Å². The number of nitrogens with zero attached hydrogens (tertiary/aromatic N) is 1. The fourth-order valence-electron chi connectivity index (χ4n) is 2.27. The first-order valence-electron chi connectivity index (χ1n) is 5.59. The molecule has 3 nitrogen and oxygen atoms in total. The van der Waals surface area contributed by atoms with Crippen molar-refractivity contribution in [2.45, 2.75) is 19.3 Å². The van der Waals surface area contributed by atoms with Gasteiger partial charge in [-0.2, -0.15) is 0 Å². The minimum atomic E-state index is 0.882. The molecule has 3 rings (SSSR count). The largest absolute Gasteiger partial charge is 0.354 e. The van der Waals surface area contributed by atoms with Gasteiger partial charge in [-0.25, -0.2) is 0 Å². The van der Waals surface area contributed by atoms with Gasteiger partial charge in [0.15, 0.2) is 5.96 Å². The minimum Gasteiger partial charge on any atom is -0.354 e. The fourth-order valence-corrected chi connectivity index (χ4v) is 2.27. The van der Waals surface area contributed by atoms with Crippen molar-refractivity contribution in [2.24, 2.45) is 4.99 Å². The summed E-state index contributed by atoms with van der Waals surface area (Å²) in [4.78, 5) is 4.32. The third-order valence-corrected chi connectivity index (χ3v) is 3.04. The van der Waals surface area contributed by atoms with Crippen molar-refractivity contribution < 1.29 is 0 Å². The van der Waals surface area contributed by atoms with Crippen molar-refractivity contribution in [2.75, 3.05) is 18.4 Å². The van der Waals surface area contributed by atoms with E-state index < -0.39 is 0 Å². The number of anilines is 1. The molecule has 0 atom stereocenters. The summed E-state index contributed by atoms with van der Waals surface area (Å²) in [5.41, 5.74) is 4.17. The summed E-state index contributed by atoms with van der Waals surface area (Å²) in [5, 5.41) is 6.52. The van der Waals surface area contributed by atoms with Crippen LogP contribution in [0.3, 0.4) is 0 Å². The zero-order chi connectivity index (χ0) is 10.1. The molecule has 0 saturated carbocycles. The molecule has 0 radical (unpaired) electrons. The van der Waals surface area contributed by atoms with Crippen LogP contribution in [-0.2, 0) is 12.8 Å². The van der Waals surface area contributed by atoms with Gasteiger partial charge >= 0.3 is 0 Å². The minimum absolute atomic E-state index is 0.882. The Morgan fingerprint density at radius 1 is 1.20 bits per heavy atom. The molecule has 3 heteroatoms. The smallest absolute Gasteiger partial charge is 0.195 e. The van der Waals surface area contributed by atoms with Gasteiger partial charge in [0.2, 0.25) is 0 Å². The summed E-state index contributed by atoms with van der Waals surface area (Å²) in [6, 6.07) is 6.64. The average Bonchev–Trinajstić information content (AvgIpc) is 2.87. The van der Waals surface area contributed by atoms with Gasteiger partial charge in [0, 0.05) is 12.2 Å². The highest BCUT2D eigenvalue weighted by atomic mass is 15.2. The summed E-state index contributed by atoms with van der Waals surface area (Å²) < 4.78 is 0. The van der Waals surface area contributed by atoms with Crippen molar-refractivity contribution in [1.29, 1.82) is 0 Å². The molecule has 2 N–H and O–H groups in total. The number of aryl methyl sites for hydroxylation is 2. The maximum atomic E-state index is 4.32. The van der Waals surface area contributed by atoms with E-state index in [0.29, 0.717) is 0 Å². The number of guanidine groups is 1. The van der Waals surface area contributed by atoms with Gasteiger partial charge in [-0.1, -0.05) is 6.07 Å². The Morgan fingerprint density at radius 3 is 3.00 bits per heavy atom. The van der Waals surface area contributed by atoms with Gasteiger partial charge in [-0.3, -0.25) is 4.99 Å². The van der Waals surface area contributed by atoms with E-state index in [4.69, 9.17) is 0 Å². The van der Waals surface area contributed by atoms with Gasteiger partial charge in [0.25, 0.3) is 0 Å². The van der Waals surface area contributed by atoms with Crippen LogP contribution < -0.4 is 10.6 Å². The molecule has 0 aromatic heterocycles. The molecule has 0 spiro atoms. The third kappa shape index (κ3) is 1.69. The SMILES string of the molecule is c1cc2c(cc1NC1=NCCN1)CCC2. The number of hydrogen-bond acceptors (Lipinski definition) is 3. The molecule has 1 aromatic rings. The topological polar surface area (TPSA) is 36.4 Å². The van der Waals surface area contributed by atoms with Crippen LogP contribution in [0.2, 0.25) is 0 Å². The number of rotatable bonds is 1. The number of hydrogen-bond donors (Lipinski definition) is 2. The van der Waals surface area contributed by atoms with Crippen LogP contribution in [0.15, 0.2) is 23.2 Å². The lowest BCUT2D eigenvalue weighted by atomic mass is 10.1. The highest BCUT2D eigenvalue weighted by Gasteiger charge is 2.11. The van der Waals surface area contributed by atoms with Crippen molar-refractivity contribution in [3.05, 3.63) is 29.3 Å². The first-order valence-corrected chi connectivity index (χ1v) is 5.59. The Labute approximate surface area is 89.6 Å². The third-order valence-electron chi connectivity index (χ3n) is 3.04. The number of fused-ring (bicyclic) bond motifs is 1. The normalized spacial score (nSPS) is 18.3. The van der Waals surface area contributed by atoms with Crippen molar-refractivity contribution in [3.8, 4) is 0 Å². The second-order valence-corrected chi connectivity index (χ2v) is 4.12. The van der Waals surface area contributed by atoms with Crippen molar-refractivity contribution in [3.63, 3.8) is 0 Å². The molecule has 0 bridgehead atoms. The molecule has 0 unspecified atom stereocenters. The van der Waals surface area contributed by atoms with Crippen LogP contribution in [0.5, 0.6) is 0 Å². The monoisotopic (exact) mass is 201 g/mol. The fraction of sp³-hybridized carbons (Fsp3) is 0.417.